The van der Waals surface area contributed by atoms with E-state index < -0.39 is 0 Å². The fraction of sp³-hybridized carbons (Fsp3) is 0.821. The Hall–Kier alpha value is -1.60. The van der Waals surface area contributed by atoms with E-state index in [-0.39, 0.29) is 0 Å². The van der Waals surface area contributed by atoms with Gasteiger partial charge >= 0.3 is 0 Å². The molecule has 0 saturated heterocycles. The first-order chi connectivity index (χ1) is 33.8. The van der Waals surface area contributed by atoms with E-state index in [2.05, 4.69) is 68.3 Å². The Morgan fingerprint density at radius 3 is 0.603 bits per heavy atom. The Bertz CT molecular complexity index is 1010. The SMILES string of the molecule is C=CCCCCCCCCCCCCCCCCCC[N+](CCCCCCCCCCCCCCCCCCC=C)(CCCCCCCCCCCCCCCCCCC=C)Cc1ccccc1. The van der Waals surface area contributed by atoms with Crippen LogP contribution in [0.3, 0.4) is 0 Å². The predicted molar refractivity (Wildman–Crippen MR) is 311 cm³/mol. The lowest BCUT2D eigenvalue weighted by Crippen LogP contribution is -2.49. The van der Waals surface area contributed by atoms with Gasteiger partial charge in [-0.05, 0) is 77.0 Å². The van der Waals surface area contributed by atoms with Crippen molar-refractivity contribution in [1.82, 2.24) is 0 Å². The van der Waals surface area contributed by atoms with Crippen molar-refractivity contribution in [2.75, 3.05) is 19.6 Å². The number of hydrogen-bond acceptors (Lipinski definition) is 0. The molecule has 68 heavy (non-hydrogen) atoms. The highest BCUT2D eigenvalue weighted by Crippen LogP contribution is 2.24. The molecule has 0 fully saturated rings. The van der Waals surface area contributed by atoms with Crippen LogP contribution in [0, 0.1) is 0 Å². The number of nitrogens with zero attached hydrogens (tertiary/aromatic N) is 1. The molecule has 0 aromatic heterocycles. The van der Waals surface area contributed by atoms with Crippen molar-refractivity contribution in [3.05, 3.63) is 73.9 Å². The van der Waals surface area contributed by atoms with Crippen molar-refractivity contribution in [3.63, 3.8) is 0 Å². The van der Waals surface area contributed by atoms with Gasteiger partial charge < -0.3 is 4.48 Å². The first-order valence-electron chi connectivity index (χ1n) is 31.5. The van der Waals surface area contributed by atoms with Crippen molar-refractivity contribution < 1.29 is 4.48 Å². The fourth-order valence-electron chi connectivity index (χ4n) is 11.2. The summed E-state index contributed by atoms with van der Waals surface area (Å²) < 4.78 is 1.35. The molecule has 0 unspecified atom stereocenters. The third-order valence-electron chi connectivity index (χ3n) is 15.7. The highest BCUT2D eigenvalue weighted by atomic mass is 15.3. The highest BCUT2D eigenvalue weighted by molar-refractivity contribution is 5.13. The molecule has 0 atom stereocenters. The lowest BCUT2D eigenvalue weighted by molar-refractivity contribution is -0.941. The summed E-state index contributed by atoms with van der Waals surface area (Å²) >= 11 is 0. The molecule has 0 amide bonds. The third kappa shape index (κ3) is 46.8. The Morgan fingerprint density at radius 2 is 0.412 bits per heavy atom. The molecule has 1 rings (SSSR count). The van der Waals surface area contributed by atoms with Crippen LogP contribution in [0.25, 0.3) is 0 Å². The molecule has 0 spiro atoms. The van der Waals surface area contributed by atoms with Crippen LogP contribution in [0.1, 0.15) is 333 Å². The number of rotatable bonds is 59. The molecule has 0 N–H and O–H groups in total. The molecule has 396 valence electrons. The van der Waals surface area contributed by atoms with Crippen LogP contribution in [-0.4, -0.2) is 24.1 Å². The molecule has 0 heterocycles. The second-order valence-corrected chi connectivity index (χ2v) is 22.4. The van der Waals surface area contributed by atoms with Gasteiger partial charge in [0.15, 0.2) is 0 Å². The standard InChI is InChI=1S/C67H124N/c1-4-7-10-13-16-19-22-25-28-31-34-37-40-43-46-49-52-58-63-68(66-67-61-56-55-57-62-67,64-59-53-50-47-44-41-38-35-32-29-26-23-20-17-14-11-8-5-2)65-60-54-51-48-45-42-39-36-33-30-27-24-21-18-15-12-9-6-3/h4-6,55-57,61-62H,1-3,7-54,58-60,63-66H2/q+1. The quantitative estimate of drug-likeness (QED) is 0.0347. The van der Waals surface area contributed by atoms with Gasteiger partial charge in [-0.3, -0.25) is 0 Å². The van der Waals surface area contributed by atoms with Gasteiger partial charge in [-0.1, -0.05) is 299 Å². The van der Waals surface area contributed by atoms with E-state index in [1.807, 2.05) is 0 Å². The molecular formula is C67H124N+. The van der Waals surface area contributed by atoms with Gasteiger partial charge in [0.1, 0.15) is 6.54 Å². The van der Waals surface area contributed by atoms with Crippen LogP contribution < -0.4 is 0 Å². The zero-order valence-corrected chi connectivity index (χ0v) is 46.6. The summed E-state index contributed by atoms with van der Waals surface area (Å²) in [5.41, 5.74) is 1.57. The minimum Gasteiger partial charge on any atom is -0.320 e. The zero-order valence-electron chi connectivity index (χ0n) is 46.6. The van der Waals surface area contributed by atoms with Gasteiger partial charge in [-0.2, -0.15) is 0 Å². The fourth-order valence-corrected chi connectivity index (χ4v) is 11.2. The van der Waals surface area contributed by atoms with E-state index in [4.69, 9.17) is 0 Å². The lowest BCUT2D eigenvalue weighted by Gasteiger charge is -2.39. The summed E-state index contributed by atoms with van der Waals surface area (Å²) in [6, 6.07) is 11.7. The molecule has 1 heteroatoms. The summed E-state index contributed by atoms with van der Waals surface area (Å²) in [6.45, 7) is 17.0. The number of quaternary nitrogens is 1. The van der Waals surface area contributed by atoms with Crippen molar-refractivity contribution >= 4 is 0 Å². The van der Waals surface area contributed by atoms with Crippen molar-refractivity contribution in [2.24, 2.45) is 0 Å². The van der Waals surface area contributed by atoms with Crippen LogP contribution in [0.5, 0.6) is 0 Å². The number of hydrogen-bond donors (Lipinski definition) is 0. The average molecular weight is 944 g/mol. The maximum atomic E-state index is 3.85. The van der Waals surface area contributed by atoms with Crippen molar-refractivity contribution in [2.45, 2.75) is 334 Å². The largest absolute Gasteiger partial charge is 0.320 e. The summed E-state index contributed by atoms with van der Waals surface area (Å²) in [6.07, 6.45) is 79.1. The first-order valence-corrected chi connectivity index (χ1v) is 31.5. The zero-order chi connectivity index (χ0) is 48.6. The monoisotopic (exact) mass is 943 g/mol. The lowest BCUT2D eigenvalue weighted by atomic mass is 10.0. The molecule has 0 aliphatic rings. The second-order valence-electron chi connectivity index (χ2n) is 22.4. The van der Waals surface area contributed by atoms with Gasteiger partial charge in [0.2, 0.25) is 0 Å². The van der Waals surface area contributed by atoms with Crippen LogP contribution in [0.4, 0.5) is 0 Å². The van der Waals surface area contributed by atoms with E-state index in [1.54, 1.807) is 5.56 Å². The normalized spacial score (nSPS) is 11.7. The smallest absolute Gasteiger partial charge is 0.104 e. The first kappa shape index (κ1) is 64.4. The Morgan fingerprint density at radius 1 is 0.235 bits per heavy atom. The van der Waals surface area contributed by atoms with E-state index in [0.717, 1.165) is 0 Å². The predicted octanol–water partition coefficient (Wildman–Crippen LogP) is 23.5. The molecule has 0 bridgehead atoms. The van der Waals surface area contributed by atoms with Crippen LogP contribution in [0.2, 0.25) is 0 Å². The maximum Gasteiger partial charge on any atom is 0.104 e. The summed E-state index contributed by atoms with van der Waals surface area (Å²) in [5.74, 6) is 0. The Kier molecular flexibility index (Phi) is 51.8. The Labute approximate surface area is 430 Å². The van der Waals surface area contributed by atoms with Gasteiger partial charge in [0.25, 0.3) is 0 Å². The van der Waals surface area contributed by atoms with Gasteiger partial charge in [-0.25, -0.2) is 0 Å². The molecule has 1 nitrogen and oxygen atoms in total. The molecule has 0 saturated carbocycles. The summed E-state index contributed by atoms with van der Waals surface area (Å²) in [5, 5.41) is 0. The average Bonchev–Trinajstić information content (AvgIpc) is 3.35. The molecule has 0 aliphatic carbocycles. The summed E-state index contributed by atoms with van der Waals surface area (Å²) in [4.78, 5) is 0. The Balaban J connectivity index is 2.43. The van der Waals surface area contributed by atoms with Crippen molar-refractivity contribution in [1.29, 1.82) is 0 Å². The van der Waals surface area contributed by atoms with Gasteiger partial charge in [-0.15, -0.1) is 19.7 Å². The van der Waals surface area contributed by atoms with E-state index in [0.29, 0.717) is 0 Å². The maximum absolute atomic E-state index is 3.85. The minimum absolute atomic E-state index is 1.20. The highest BCUT2D eigenvalue weighted by Gasteiger charge is 2.27. The number of allylic oxidation sites excluding steroid dienone is 3. The summed E-state index contributed by atoms with van der Waals surface area (Å²) in [7, 11) is 0. The van der Waals surface area contributed by atoms with Gasteiger partial charge in [0.05, 0.1) is 19.6 Å². The minimum atomic E-state index is 1.20. The molecule has 0 radical (unpaired) electrons. The molecule has 1 aromatic rings. The molecule has 1 aromatic carbocycles. The van der Waals surface area contributed by atoms with E-state index in [1.165, 1.54) is 358 Å². The van der Waals surface area contributed by atoms with E-state index >= 15 is 0 Å². The number of unbranched alkanes of at least 4 members (excludes halogenated alkanes) is 48. The van der Waals surface area contributed by atoms with Crippen LogP contribution in [-0.2, 0) is 6.54 Å². The topological polar surface area (TPSA) is 0 Å². The van der Waals surface area contributed by atoms with Crippen LogP contribution in [0.15, 0.2) is 68.3 Å². The van der Waals surface area contributed by atoms with Crippen molar-refractivity contribution in [3.8, 4) is 0 Å². The van der Waals surface area contributed by atoms with Gasteiger partial charge in [0, 0.05) is 5.56 Å². The third-order valence-corrected chi connectivity index (χ3v) is 15.7. The molecule has 0 aliphatic heterocycles. The van der Waals surface area contributed by atoms with E-state index in [9.17, 15) is 0 Å². The molecular weight excluding hydrogens is 819 g/mol. The van der Waals surface area contributed by atoms with Crippen LogP contribution >= 0.6 is 0 Å². The number of benzene rings is 1. The second kappa shape index (κ2) is 54.7.